The summed E-state index contributed by atoms with van der Waals surface area (Å²) in [6.45, 7) is 4.69. The van der Waals surface area contributed by atoms with Gasteiger partial charge < -0.3 is 10.2 Å². The molecule has 1 heterocycles. The second-order valence-electron chi connectivity index (χ2n) is 5.82. The van der Waals surface area contributed by atoms with Crippen molar-refractivity contribution in [3.8, 4) is 0 Å². The quantitative estimate of drug-likeness (QED) is 0.866. The van der Waals surface area contributed by atoms with Crippen molar-refractivity contribution < 1.29 is 0 Å². The molecule has 3 rings (SSSR count). The summed E-state index contributed by atoms with van der Waals surface area (Å²) in [5.74, 6) is 0. The highest BCUT2D eigenvalue weighted by Crippen LogP contribution is 2.28. The second-order valence-corrected chi connectivity index (χ2v) is 5.82. The van der Waals surface area contributed by atoms with Crippen molar-refractivity contribution in [2.45, 2.75) is 51.5 Å². The second kappa shape index (κ2) is 5.21. The highest BCUT2D eigenvalue weighted by Gasteiger charge is 2.16. The molecule has 0 unspecified atom stereocenters. The van der Waals surface area contributed by atoms with Gasteiger partial charge in [0, 0.05) is 30.5 Å². The average molecular weight is 244 g/mol. The van der Waals surface area contributed by atoms with Crippen LogP contribution in [-0.2, 0) is 0 Å². The van der Waals surface area contributed by atoms with E-state index in [0.717, 1.165) is 0 Å². The molecule has 0 spiro atoms. The minimum Gasteiger partial charge on any atom is -0.382 e. The SMILES string of the molecule is Cc1cc(N2CCCC2)ccc1NC1CCCC1. The monoisotopic (exact) mass is 244 g/mol. The Labute approximate surface area is 110 Å². The molecule has 0 amide bonds. The van der Waals surface area contributed by atoms with Crippen molar-refractivity contribution in [2.24, 2.45) is 0 Å². The zero-order chi connectivity index (χ0) is 12.4. The van der Waals surface area contributed by atoms with Crippen LogP contribution in [0.2, 0.25) is 0 Å². The van der Waals surface area contributed by atoms with Crippen molar-refractivity contribution in [3.63, 3.8) is 0 Å². The lowest BCUT2D eigenvalue weighted by atomic mass is 10.1. The molecule has 0 atom stereocenters. The molecule has 1 saturated carbocycles. The van der Waals surface area contributed by atoms with E-state index in [-0.39, 0.29) is 0 Å². The number of nitrogens with one attached hydrogen (secondary N) is 1. The molecule has 2 fully saturated rings. The summed E-state index contributed by atoms with van der Waals surface area (Å²) >= 11 is 0. The fourth-order valence-corrected chi connectivity index (χ4v) is 3.27. The maximum atomic E-state index is 3.71. The van der Waals surface area contributed by atoms with E-state index in [4.69, 9.17) is 0 Å². The third kappa shape index (κ3) is 2.47. The summed E-state index contributed by atoms with van der Waals surface area (Å²) in [6.07, 6.45) is 8.16. The van der Waals surface area contributed by atoms with Crippen LogP contribution in [0.4, 0.5) is 11.4 Å². The third-order valence-electron chi connectivity index (χ3n) is 4.40. The number of benzene rings is 1. The molecule has 1 aromatic carbocycles. The lowest BCUT2D eigenvalue weighted by Gasteiger charge is -2.21. The van der Waals surface area contributed by atoms with Gasteiger partial charge in [-0.1, -0.05) is 12.8 Å². The molecule has 0 radical (unpaired) electrons. The van der Waals surface area contributed by atoms with E-state index in [1.807, 2.05) is 0 Å². The van der Waals surface area contributed by atoms with Gasteiger partial charge in [0.25, 0.3) is 0 Å². The van der Waals surface area contributed by atoms with Crippen molar-refractivity contribution in [3.05, 3.63) is 23.8 Å². The fourth-order valence-electron chi connectivity index (χ4n) is 3.27. The van der Waals surface area contributed by atoms with E-state index < -0.39 is 0 Å². The molecule has 1 N–H and O–H groups in total. The summed E-state index contributed by atoms with van der Waals surface area (Å²) in [4.78, 5) is 2.51. The summed E-state index contributed by atoms with van der Waals surface area (Å²) in [5, 5.41) is 3.71. The van der Waals surface area contributed by atoms with Crippen LogP contribution in [0.1, 0.15) is 44.1 Å². The molecular weight excluding hydrogens is 220 g/mol. The van der Waals surface area contributed by atoms with Gasteiger partial charge >= 0.3 is 0 Å². The molecule has 0 aromatic heterocycles. The maximum Gasteiger partial charge on any atom is 0.0373 e. The number of rotatable bonds is 3. The highest BCUT2D eigenvalue weighted by atomic mass is 15.1. The Kier molecular flexibility index (Phi) is 3.44. The molecule has 0 bridgehead atoms. The number of anilines is 2. The van der Waals surface area contributed by atoms with Crippen molar-refractivity contribution in [1.29, 1.82) is 0 Å². The third-order valence-corrected chi connectivity index (χ3v) is 4.40. The first-order valence-corrected chi connectivity index (χ1v) is 7.45. The van der Waals surface area contributed by atoms with Gasteiger partial charge in [-0.25, -0.2) is 0 Å². The Hall–Kier alpha value is -1.18. The van der Waals surface area contributed by atoms with Crippen LogP contribution in [0.25, 0.3) is 0 Å². The Balaban J connectivity index is 1.71. The summed E-state index contributed by atoms with van der Waals surface area (Å²) in [7, 11) is 0. The molecule has 2 nitrogen and oxygen atoms in total. The topological polar surface area (TPSA) is 15.3 Å². The van der Waals surface area contributed by atoms with Gasteiger partial charge in [0.15, 0.2) is 0 Å². The maximum absolute atomic E-state index is 3.71. The number of aryl methyl sites for hydroxylation is 1. The molecule has 98 valence electrons. The Morgan fingerprint density at radius 3 is 2.44 bits per heavy atom. The molecule has 2 aliphatic rings. The number of hydrogen-bond donors (Lipinski definition) is 1. The van der Waals surface area contributed by atoms with E-state index in [1.54, 1.807) is 0 Å². The predicted octanol–water partition coefficient (Wildman–Crippen LogP) is 3.95. The molecule has 1 saturated heterocycles. The number of hydrogen-bond acceptors (Lipinski definition) is 2. The van der Waals surface area contributed by atoms with E-state index >= 15 is 0 Å². The van der Waals surface area contributed by atoms with Crippen molar-refractivity contribution in [2.75, 3.05) is 23.3 Å². The van der Waals surface area contributed by atoms with Crippen molar-refractivity contribution >= 4 is 11.4 Å². The van der Waals surface area contributed by atoms with Crippen LogP contribution in [0.5, 0.6) is 0 Å². The van der Waals surface area contributed by atoms with Crippen LogP contribution >= 0.6 is 0 Å². The van der Waals surface area contributed by atoms with Gasteiger partial charge in [-0.3, -0.25) is 0 Å². The first-order chi connectivity index (χ1) is 8.83. The summed E-state index contributed by atoms with van der Waals surface area (Å²) < 4.78 is 0. The lowest BCUT2D eigenvalue weighted by molar-refractivity contribution is 0.754. The van der Waals surface area contributed by atoms with Crippen LogP contribution in [0, 0.1) is 6.92 Å². The highest BCUT2D eigenvalue weighted by molar-refractivity contribution is 5.61. The molecule has 2 heteroatoms. The normalized spacial score (nSPS) is 20.6. The first kappa shape index (κ1) is 11.9. The minimum absolute atomic E-state index is 0.710. The summed E-state index contributed by atoms with van der Waals surface area (Å²) in [6, 6.07) is 7.63. The standard InChI is InChI=1S/C16H24N2/c1-13-12-15(18-10-4-5-11-18)8-9-16(13)17-14-6-2-3-7-14/h8-9,12,14,17H,2-7,10-11H2,1H3. The van der Waals surface area contributed by atoms with Gasteiger partial charge in [0.2, 0.25) is 0 Å². The van der Waals surface area contributed by atoms with Crippen LogP contribution in [0.15, 0.2) is 18.2 Å². The van der Waals surface area contributed by atoms with Crippen LogP contribution < -0.4 is 10.2 Å². The lowest BCUT2D eigenvalue weighted by Crippen LogP contribution is -2.18. The molecule has 1 aromatic rings. The van der Waals surface area contributed by atoms with Crippen LogP contribution in [0.3, 0.4) is 0 Å². The van der Waals surface area contributed by atoms with E-state index in [1.165, 1.54) is 68.6 Å². The van der Waals surface area contributed by atoms with Gasteiger partial charge in [0.05, 0.1) is 0 Å². The number of nitrogens with zero attached hydrogens (tertiary/aromatic N) is 1. The van der Waals surface area contributed by atoms with Crippen molar-refractivity contribution in [1.82, 2.24) is 0 Å². The van der Waals surface area contributed by atoms with E-state index in [9.17, 15) is 0 Å². The first-order valence-electron chi connectivity index (χ1n) is 7.45. The zero-order valence-electron chi connectivity index (χ0n) is 11.4. The molecule has 1 aliphatic heterocycles. The minimum atomic E-state index is 0.710. The Bertz CT molecular complexity index is 402. The Morgan fingerprint density at radius 2 is 1.78 bits per heavy atom. The Morgan fingerprint density at radius 1 is 1.06 bits per heavy atom. The van der Waals surface area contributed by atoms with Gasteiger partial charge in [-0.05, 0) is 56.4 Å². The van der Waals surface area contributed by atoms with Gasteiger partial charge in [-0.2, -0.15) is 0 Å². The predicted molar refractivity (Wildman–Crippen MR) is 78.5 cm³/mol. The van der Waals surface area contributed by atoms with E-state index in [0.29, 0.717) is 6.04 Å². The van der Waals surface area contributed by atoms with Gasteiger partial charge in [-0.15, -0.1) is 0 Å². The summed E-state index contributed by atoms with van der Waals surface area (Å²) in [5.41, 5.74) is 4.14. The fraction of sp³-hybridized carbons (Fsp3) is 0.625. The zero-order valence-corrected chi connectivity index (χ0v) is 11.4. The molecule has 1 aliphatic carbocycles. The van der Waals surface area contributed by atoms with E-state index in [2.05, 4.69) is 35.3 Å². The van der Waals surface area contributed by atoms with Gasteiger partial charge in [0.1, 0.15) is 0 Å². The average Bonchev–Trinajstić information content (AvgIpc) is 3.04. The molecule has 18 heavy (non-hydrogen) atoms. The van der Waals surface area contributed by atoms with Crippen LogP contribution in [-0.4, -0.2) is 19.1 Å². The smallest absolute Gasteiger partial charge is 0.0373 e. The molecular formula is C16H24N2. The largest absolute Gasteiger partial charge is 0.382 e.